The van der Waals surface area contributed by atoms with E-state index in [1.54, 1.807) is 14.0 Å². The molecular weight excluding hydrogens is 354 g/mol. The maximum Gasteiger partial charge on any atom is 0.224 e. The Morgan fingerprint density at radius 2 is 1.75 bits per heavy atom. The molecular formula is C22H33N3O3. The van der Waals surface area contributed by atoms with Gasteiger partial charge in [0.15, 0.2) is 0 Å². The molecule has 6 heteroatoms. The van der Waals surface area contributed by atoms with Crippen LogP contribution in [0.15, 0.2) is 24.3 Å². The molecule has 0 aromatic heterocycles. The highest BCUT2D eigenvalue weighted by molar-refractivity contribution is 5.78. The number of para-hydroxylation sites is 2. The van der Waals surface area contributed by atoms with E-state index in [9.17, 15) is 9.59 Å². The Labute approximate surface area is 168 Å². The van der Waals surface area contributed by atoms with Gasteiger partial charge in [0.1, 0.15) is 5.75 Å². The van der Waals surface area contributed by atoms with Gasteiger partial charge in [0.2, 0.25) is 11.8 Å². The fraction of sp³-hybridized carbons (Fsp3) is 0.636. The van der Waals surface area contributed by atoms with Gasteiger partial charge in [-0.3, -0.25) is 9.59 Å². The van der Waals surface area contributed by atoms with Crippen LogP contribution in [0.25, 0.3) is 0 Å². The van der Waals surface area contributed by atoms with E-state index in [2.05, 4.69) is 11.0 Å². The minimum atomic E-state index is 0.0979. The maximum absolute atomic E-state index is 12.7. The SMILES string of the molecule is COc1ccccc1N1CCN(C(=O)CCN(C(C)=O)C2CCCCC2)CC1. The van der Waals surface area contributed by atoms with E-state index in [1.165, 1.54) is 19.3 Å². The number of hydrogen-bond acceptors (Lipinski definition) is 4. The van der Waals surface area contributed by atoms with Crippen molar-refractivity contribution in [3.05, 3.63) is 24.3 Å². The number of hydrogen-bond donors (Lipinski definition) is 0. The van der Waals surface area contributed by atoms with Gasteiger partial charge in [-0.15, -0.1) is 0 Å². The highest BCUT2D eigenvalue weighted by Gasteiger charge is 2.26. The Morgan fingerprint density at radius 3 is 2.39 bits per heavy atom. The van der Waals surface area contributed by atoms with Crippen molar-refractivity contribution in [1.29, 1.82) is 0 Å². The third-order valence-corrected chi connectivity index (χ3v) is 6.04. The Balaban J connectivity index is 1.50. The van der Waals surface area contributed by atoms with Crippen LogP contribution in [-0.2, 0) is 9.59 Å². The van der Waals surface area contributed by atoms with Gasteiger partial charge in [-0.1, -0.05) is 31.4 Å². The Morgan fingerprint density at radius 1 is 1.07 bits per heavy atom. The van der Waals surface area contributed by atoms with Crippen LogP contribution < -0.4 is 9.64 Å². The molecule has 6 nitrogen and oxygen atoms in total. The number of carbonyl (C=O) groups excluding carboxylic acids is 2. The summed E-state index contributed by atoms with van der Waals surface area (Å²) in [7, 11) is 1.69. The van der Waals surface area contributed by atoms with Crippen molar-refractivity contribution in [2.24, 2.45) is 0 Å². The molecule has 3 rings (SSSR count). The lowest BCUT2D eigenvalue weighted by molar-refractivity contribution is -0.135. The highest BCUT2D eigenvalue weighted by atomic mass is 16.5. The second-order valence-corrected chi connectivity index (χ2v) is 7.79. The summed E-state index contributed by atoms with van der Waals surface area (Å²) in [4.78, 5) is 30.9. The lowest BCUT2D eigenvalue weighted by Crippen LogP contribution is -2.50. The summed E-state index contributed by atoms with van der Waals surface area (Å²) in [5.74, 6) is 1.12. The molecule has 0 bridgehead atoms. The molecule has 2 amide bonds. The maximum atomic E-state index is 12.7. The highest BCUT2D eigenvalue weighted by Crippen LogP contribution is 2.28. The fourth-order valence-corrected chi connectivity index (χ4v) is 4.45. The van der Waals surface area contributed by atoms with Crippen molar-refractivity contribution in [2.75, 3.05) is 44.7 Å². The summed E-state index contributed by atoms with van der Waals surface area (Å²) in [6.45, 7) is 5.19. The van der Waals surface area contributed by atoms with Gasteiger partial charge < -0.3 is 19.4 Å². The summed E-state index contributed by atoms with van der Waals surface area (Å²) < 4.78 is 5.46. The molecule has 0 unspecified atom stereocenters. The fourth-order valence-electron chi connectivity index (χ4n) is 4.45. The molecule has 28 heavy (non-hydrogen) atoms. The Bertz CT molecular complexity index is 665. The predicted octanol–water partition coefficient (Wildman–Crippen LogP) is 2.92. The van der Waals surface area contributed by atoms with Crippen LogP contribution in [-0.4, -0.2) is 67.5 Å². The van der Waals surface area contributed by atoms with Crippen LogP contribution in [0.2, 0.25) is 0 Å². The zero-order valence-corrected chi connectivity index (χ0v) is 17.2. The van der Waals surface area contributed by atoms with Gasteiger partial charge in [-0.2, -0.15) is 0 Å². The number of methoxy groups -OCH3 is 1. The average Bonchev–Trinajstić information content (AvgIpc) is 2.74. The van der Waals surface area contributed by atoms with Gasteiger partial charge in [0.05, 0.1) is 12.8 Å². The van der Waals surface area contributed by atoms with Crippen molar-refractivity contribution in [1.82, 2.24) is 9.80 Å². The van der Waals surface area contributed by atoms with Crippen LogP contribution in [0.5, 0.6) is 5.75 Å². The zero-order chi connectivity index (χ0) is 19.9. The van der Waals surface area contributed by atoms with Gasteiger partial charge >= 0.3 is 0 Å². The first kappa shape index (κ1) is 20.5. The first-order valence-electron chi connectivity index (χ1n) is 10.5. The van der Waals surface area contributed by atoms with Crippen LogP contribution in [0.4, 0.5) is 5.69 Å². The van der Waals surface area contributed by atoms with Gasteiger partial charge in [-0.05, 0) is 25.0 Å². The lowest BCUT2D eigenvalue weighted by atomic mass is 9.94. The van der Waals surface area contributed by atoms with Crippen LogP contribution in [0.3, 0.4) is 0 Å². The predicted molar refractivity (Wildman–Crippen MR) is 111 cm³/mol. The number of nitrogens with zero attached hydrogens (tertiary/aromatic N) is 3. The topological polar surface area (TPSA) is 53.1 Å². The summed E-state index contributed by atoms with van der Waals surface area (Å²) in [5, 5.41) is 0. The third-order valence-electron chi connectivity index (χ3n) is 6.04. The van der Waals surface area contributed by atoms with Gasteiger partial charge in [0, 0.05) is 52.1 Å². The van der Waals surface area contributed by atoms with E-state index in [0.29, 0.717) is 32.1 Å². The summed E-state index contributed by atoms with van der Waals surface area (Å²) >= 11 is 0. The zero-order valence-electron chi connectivity index (χ0n) is 17.2. The molecule has 0 spiro atoms. The first-order chi connectivity index (χ1) is 13.6. The van der Waals surface area contributed by atoms with E-state index in [-0.39, 0.29) is 11.8 Å². The van der Waals surface area contributed by atoms with E-state index in [4.69, 9.17) is 4.74 Å². The molecule has 154 valence electrons. The molecule has 0 N–H and O–H groups in total. The molecule has 0 radical (unpaired) electrons. The second-order valence-electron chi connectivity index (χ2n) is 7.79. The van der Waals surface area contributed by atoms with Crippen molar-refractivity contribution in [3.8, 4) is 5.75 Å². The number of rotatable bonds is 6. The molecule has 1 aromatic rings. The Kier molecular flexibility index (Phi) is 7.18. The summed E-state index contributed by atoms with van der Waals surface area (Å²) in [6.07, 6.45) is 6.21. The molecule has 1 aromatic carbocycles. The van der Waals surface area contributed by atoms with Crippen molar-refractivity contribution >= 4 is 17.5 Å². The second kappa shape index (κ2) is 9.80. The number of benzene rings is 1. The molecule has 1 aliphatic carbocycles. The Hall–Kier alpha value is -2.24. The van der Waals surface area contributed by atoms with E-state index in [0.717, 1.165) is 37.4 Å². The largest absolute Gasteiger partial charge is 0.495 e. The molecule has 2 aliphatic rings. The minimum Gasteiger partial charge on any atom is -0.495 e. The number of piperazine rings is 1. The summed E-state index contributed by atoms with van der Waals surface area (Å²) in [5.41, 5.74) is 1.08. The molecule has 1 saturated heterocycles. The monoisotopic (exact) mass is 387 g/mol. The van der Waals surface area contributed by atoms with Gasteiger partial charge in [-0.25, -0.2) is 0 Å². The average molecular weight is 388 g/mol. The number of ether oxygens (including phenoxy) is 1. The molecule has 1 heterocycles. The van der Waals surface area contributed by atoms with Crippen LogP contribution in [0.1, 0.15) is 45.4 Å². The smallest absolute Gasteiger partial charge is 0.224 e. The molecule has 1 aliphatic heterocycles. The molecule has 2 fully saturated rings. The lowest BCUT2D eigenvalue weighted by Gasteiger charge is -2.37. The van der Waals surface area contributed by atoms with Crippen LogP contribution >= 0.6 is 0 Å². The van der Waals surface area contributed by atoms with Crippen LogP contribution in [0, 0.1) is 0 Å². The van der Waals surface area contributed by atoms with Gasteiger partial charge in [0.25, 0.3) is 0 Å². The number of carbonyl (C=O) groups is 2. The van der Waals surface area contributed by atoms with E-state index < -0.39 is 0 Å². The number of amides is 2. The minimum absolute atomic E-state index is 0.0979. The van der Waals surface area contributed by atoms with E-state index >= 15 is 0 Å². The van der Waals surface area contributed by atoms with Crippen molar-refractivity contribution < 1.29 is 14.3 Å². The normalized spacial score (nSPS) is 18.1. The first-order valence-corrected chi connectivity index (χ1v) is 10.5. The quantitative estimate of drug-likeness (QED) is 0.753. The standard InChI is InChI=1S/C22H33N3O3/c1-18(26)25(19-8-4-3-5-9-19)13-12-22(27)24-16-14-23(15-17-24)20-10-6-7-11-21(20)28-2/h6-7,10-11,19H,3-5,8-9,12-17H2,1-2H3. The molecule has 0 atom stereocenters. The van der Waals surface area contributed by atoms with Crippen molar-refractivity contribution in [3.63, 3.8) is 0 Å². The number of anilines is 1. The van der Waals surface area contributed by atoms with Crippen molar-refractivity contribution in [2.45, 2.75) is 51.5 Å². The molecule has 1 saturated carbocycles. The summed E-state index contributed by atoms with van der Waals surface area (Å²) in [6, 6.07) is 8.33. The van der Waals surface area contributed by atoms with E-state index in [1.807, 2.05) is 28.0 Å². The third kappa shape index (κ3) is 4.97.